The molecule has 2 atom stereocenters. The Labute approximate surface area is 108 Å². The summed E-state index contributed by atoms with van der Waals surface area (Å²) >= 11 is 0. The highest BCUT2D eigenvalue weighted by molar-refractivity contribution is 5.38. The van der Waals surface area contributed by atoms with Crippen molar-refractivity contribution in [2.45, 2.75) is 32.7 Å². The van der Waals surface area contributed by atoms with Gasteiger partial charge in [-0.15, -0.1) is 0 Å². The molecule has 0 amide bonds. The number of ether oxygens (including phenoxy) is 2. The van der Waals surface area contributed by atoms with Gasteiger partial charge in [-0.3, -0.25) is 0 Å². The van der Waals surface area contributed by atoms with E-state index >= 15 is 0 Å². The lowest BCUT2D eigenvalue weighted by Gasteiger charge is -2.19. The highest BCUT2D eigenvalue weighted by Gasteiger charge is 2.22. The molecule has 1 aliphatic heterocycles. The van der Waals surface area contributed by atoms with Crippen molar-refractivity contribution in [3.05, 3.63) is 12.4 Å². The van der Waals surface area contributed by atoms with E-state index in [4.69, 9.17) is 9.47 Å². The Morgan fingerprint density at radius 2 is 2.44 bits per heavy atom. The van der Waals surface area contributed by atoms with Gasteiger partial charge in [-0.2, -0.15) is 0 Å². The molecule has 100 valence electrons. The van der Waals surface area contributed by atoms with E-state index in [9.17, 15) is 0 Å². The maximum Gasteiger partial charge on any atom is 0.218 e. The van der Waals surface area contributed by atoms with E-state index in [1.807, 2.05) is 6.07 Å². The van der Waals surface area contributed by atoms with Gasteiger partial charge < -0.3 is 14.8 Å². The fraction of sp³-hybridized carbons (Fsp3) is 0.692. The minimum absolute atomic E-state index is 0.349. The first-order chi connectivity index (χ1) is 8.79. The van der Waals surface area contributed by atoms with Crippen molar-refractivity contribution in [2.24, 2.45) is 5.92 Å². The zero-order valence-corrected chi connectivity index (χ0v) is 11.1. The third kappa shape index (κ3) is 3.57. The predicted octanol–water partition coefficient (Wildman–Crippen LogP) is 2.10. The van der Waals surface area contributed by atoms with Crippen LogP contribution in [0.4, 0.5) is 5.82 Å². The van der Waals surface area contributed by atoms with Crippen LogP contribution in [0.3, 0.4) is 0 Å². The van der Waals surface area contributed by atoms with Crippen LogP contribution in [0.25, 0.3) is 0 Å². The average Bonchev–Trinajstić information content (AvgIpc) is 2.91. The van der Waals surface area contributed by atoms with Crippen LogP contribution in [0.1, 0.15) is 26.7 Å². The number of anilines is 1. The molecule has 1 aromatic heterocycles. The lowest BCUT2D eigenvalue weighted by Crippen LogP contribution is -2.26. The molecule has 18 heavy (non-hydrogen) atoms. The van der Waals surface area contributed by atoms with E-state index in [1.54, 1.807) is 0 Å². The summed E-state index contributed by atoms with van der Waals surface area (Å²) in [5.74, 6) is 2.00. The fourth-order valence-corrected chi connectivity index (χ4v) is 2.00. The summed E-state index contributed by atoms with van der Waals surface area (Å²) in [7, 11) is 0. The van der Waals surface area contributed by atoms with Gasteiger partial charge in [0.15, 0.2) is 0 Å². The number of aromatic nitrogens is 2. The lowest BCUT2D eigenvalue weighted by atomic mass is 10.0. The molecule has 1 aliphatic rings. The summed E-state index contributed by atoms with van der Waals surface area (Å²) in [5.41, 5.74) is 0. The molecule has 1 fully saturated rings. The van der Waals surface area contributed by atoms with Gasteiger partial charge in [0.1, 0.15) is 12.1 Å². The Bertz CT molecular complexity index is 367. The van der Waals surface area contributed by atoms with Gasteiger partial charge >= 0.3 is 0 Å². The summed E-state index contributed by atoms with van der Waals surface area (Å²) in [5, 5.41) is 3.39. The van der Waals surface area contributed by atoms with Crippen LogP contribution in [0.15, 0.2) is 12.4 Å². The van der Waals surface area contributed by atoms with E-state index in [0.29, 0.717) is 24.4 Å². The molecule has 2 unspecified atom stereocenters. The van der Waals surface area contributed by atoms with E-state index < -0.39 is 0 Å². The lowest BCUT2D eigenvalue weighted by molar-refractivity contribution is 0.183. The largest absolute Gasteiger partial charge is 0.478 e. The molecule has 0 aromatic carbocycles. The third-order valence-electron chi connectivity index (χ3n) is 3.14. The summed E-state index contributed by atoms with van der Waals surface area (Å²) < 4.78 is 10.9. The predicted molar refractivity (Wildman–Crippen MR) is 69.8 cm³/mol. The number of rotatable bonds is 6. The molecular weight excluding hydrogens is 230 g/mol. The second-order valence-electron chi connectivity index (χ2n) is 4.65. The molecule has 0 spiro atoms. The maximum absolute atomic E-state index is 5.49. The molecule has 0 bridgehead atoms. The van der Waals surface area contributed by atoms with E-state index in [1.165, 1.54) is 6.33 Å². The minimum atomic E-state index is 0.349. The molecule has 1 aromatic rings. The Morgan fingerprint density at radius 3 is 3.17 bits per heavy atom. The van der Waals surface area contributed by atoms with Gasteiger partial charge in [0, 0.05) is 24.6 Å². The van der Waals surface area contributed by atoms with Crippen molar-refractivity contribution < 1.29 is 9.47 Å². The second-order valence-corrected chi connectivity index (χ2v) is 4.65. The van der Waals surface area contributed by atoms with E-state index in [-0.39, 0.29) is 0 Å². The smallest absolute Gasteiger partial charge is 0.218 e. The minimum Gasteiger partial charge on any atom is -0.478 e. The van der Waals surface area contributed by atoms with E-state index in [2.05, 4.69) is 29.1 Å². The van der Waals surface area contributed by atoms with Gasteiger partial charge in [-0.25, -0.2) is 9.97 Å². The van der Waals surface area contributed by atoms with Crippen molar-refractivity contribution in [3.63, 3.8) is 0 Å². The first-order valence-electron chi connectivity index (χ1n) is 6.58. The number of hydrogen-bond donors (Lipinski definition) is 1. The summed E-state index contributed by atoms with van der Waals surface area (Å²) in [6.45, 7) is 6.61. The van der Waals surface area contributed by atoms with Crippen LogP contribution < -0.4 is 10.1 Å². The molecule has 2 heterocycles. The molecule has 0 radical (unpaired) electrons. The molecule has 5 nitrogen and oxygen atoms in total. The molecule has 1 saturated heterocycles. The van der Waals surface area contributed by atoms with Gasteiger partial charge in [0.25, 0.3) is 0 Å². The third-order valence-corrected chi connectivity index (χ3v) is 3.14. The summed E-state index contributed by atoms with van der Waals surface area (Å²) in [6, 6.07) is 2.20. The van der Waals surface area contributed by atoms with Crippen molar-refractivity contribution in [1.82, 2.24) is 9.97 Å². The molecular formula is C13H21N3O2. The topological polar surface area (TPSA) is 56.3 Å². The molecule has 2 rings (SSSR count). The van der Waals surface area contributed by atoms with Crippen LogP contribution in [0.5, 0.6) is 5.88 Å². The first kappa shape index (κ1) is 13.1. The van der Waals surface area contributed by atoms with Crippen LogP contribution in [0, 0.1) is 5.92 Å². The molecule has 0 aliphatic carbocycles. The van der Waals surface area contributed by atoms with Crippen molar-refractivity contribution >= 4 is 5.82 Å². The standard InChI is InChI=1S/C13H21N3O2/c1-3-5-18-13-7-12(14-9-15-13)16-10(2)11-4-6-17-8-11/h7,9-11H,3-6,8H2,1-2H3,(H,14,15,16). The van der Waals surface area contributed by atoms with Crippen LogP contribution in [0.2, 0.25) is 0 Å². The van der Waals surface area contributed by atoms with Gasteiger partial charge in [0.2, 0.25) is 5.88 Å². The number of nitrogens with zero attached hydrogens (tertiary/aromatic N) is 2. The molecule has 5 heteroatoms. The Balaban J connectivity index is 1.91. The van der Waals surface area contributed by atoms with Gasteiger partial charge in [0.05, 0.1) is 13.2 Å². The van der Waals surface area contributed by atoms with Crippen LogP contribution >= 0.6 is 0 Å². The van der Waals surface area contributed by atoms with Gasteiger partial charge in [-0.05, 0) is 19.8 Å². The Hall–Kier alpha value is -1.36. The highest BCUT2D eigenvalue weighted by atomic mass is 16.5. The highest BCUT2D eigenvalue weighted by Crippen LogP contribution is 2.20. The SMILES string of the molecule is CCCOc1cc(NC(C)C2CCOC2)ncn1. The molecule has 1 N–H and O–H groups in total. The normalized spacial score (nSPS) is 20.7. The number of hydrogen-bond acceptors (Lipinski definition) is 5. The van der Waals surface area contributed by atoms with Crippen molar-refractivity contribution in [3.8, 4) is 5.88 Å². The zero-order chi connectivity index (χ0) is 12.8. The quantitative estimate of drug-likeness (QED) is 0.839. The summed E-state index contributed by atoms with van der Waals surface area (Å²) in [6.07, 6.45) is 3.62. The Morgan fingerprint density at radius 1 is 1.56 bits per heavy atom. The van der Waals surface area contributed by atoms with E-state index in [0.717, 1.165) is 31.9 Å². The zero-order valence-electron chi connectivity index (χ0n) is 11.1. The van der Waals surface area contributed by atoms with Crippen molar-refractivity contribution in [2.75, 3.05) is 25.1 Å². The second kappa shape index (κ2) is 6.54. The Kier molecular flexibility index (Phi) is 4.75. The monoisotopic (exact) mass is 251 g/mol. The van der Waals surface area contributed by atoms with Crippen LogP contribution in [-0.2, 0) is 4.74 Å². The maximum atomic E-state index is 5.49. The summed E-state index contributed by atoms with van der Waals surface area (Å²) in [4.78, 5) is 8.30. The fourth-order valence-electron chi connectivity index (χ4n) is 2.00. The van der Waals surface area contributed by atoms with Crippen LogP contribution in [-0.4, -0.2) is 35.8 Å². The number of nitrogens with one attached hydrogen (secondary N) is 1. The van der Waals surface area contributed by atoms with Gasteiger partial charge in [-0.1, -0.05) is 6.92 Å². The molecule has 0 saturated carbocycles. The average molecular weight is 251 g/mol. The van der Waals surface area contributed by atoms with Crippen molar-refractivity contribution in [1.29, 1.82) is 0 Å². The first-order valence-corrected chi connectivity index (χ1v) is 6.58.